The van der Waals surface area contributed by atoms with E-state index < -0.39 is 0 Å². The normalized spacial score (nSPS) is 18.6. The van der Waals surface area contributed by atoms with Crippen molar-refractivity contribution in [3.8, 4) is 0 Å². The fourth-order valence-electron chi connectivity index (χ4n) is 2.27. The highest BCUT2D eigenvalue weighted by Gasteiger charge is 2.28. The molecule has 6 heteroatoms. The lowest BCUT2D eigenvalue weighted by Gasteiger charge is -2.16. The van der Waals surface area contributed by atoms with Gasteiger partial charge in [0.1, 0.15) is 12.3 Å². The van der Waals surface area contributed by atoms with Gasteiger partial charge in [-0.1, -0.05) is 0 Å². The van der Waals surface area contributed by atoms with E-state index in [1.807, 2.05) is 13.8 Å². The Labute approximate surface area is 118 Å². The van der Waals surface area contributed by atoms with E-state index >= 15 is 0 Å². The molecule has 0 amide bonds. The van der Waals surface area contributed by atoms with Crippen LogP contribution in [0.2, 0.25) is 0 Å². The van der Waals surface area contributed by atoms with Crippen LogP contribution in [0.5, 0.6) is 0 Å². The van der Waals surface area contributed by atoms with Crippen LogP contribution in [0.4, 0.5) is 11.4 Å². The van der Waals surface area contributed by atoms with Gasteiger partial charge in [-0.05, 0) is 43.2 Å². The van der Waals surface area contributed by atoms with Crippen molar-refractivity contribution in [2.45, 2.75) is 26.5 Å². The number of likely N-dealkylation sites (N-methyl/N-ethyl adjacent to an activating group) is 1. The first-order valence-electron chi connectivity index (χ1n) is 6.41. The van der Waals surface area contributed by atoms with E-state index in [1.165, 1.54) is 0 Å². The number of nitrogen functional groups attached to an aromatic ring is 2. The number of nitrogens with two attached hydrogens (primary N) is 2. The molecule has 2 rings (SSSR count). The molecule has 0 aliphatic carbocycles. The molecular weight excluding hydrogens is 256 g/mol. The number of rotatable bonds is 3. The molecule has 5 N–H and O–H groups in total. The van der Waals surface area contributed by atoms with Crippen molar-refractivity contribution in [2.75, 3.05) is 18.5 Å². The van der Waals surface area contributed by atoms with Crippen molar-refractivity contribution >= 4 is 17.3 Å². The molecule has 0 spiro atoms. The molecule has 0 aromatic heterocycles. The van der Waals surface area contributed by atoms with Crippen LogP contribution in [0.15, 0.2) is 29.5 Å². The van der Waals surface area contributed by atoms with E-state index in [4.69, 9.17) is 16.2 Å². The summed E-state index contributed by atoms with van der Waals surface area (Å²) in [6, 6.07) is 5.27. The van der Waals surface area contributed by atoms with Gasteiger partial charge in [0.25, 0.3) is 0 Å². The van der Waals surface area contributed by atoms with Crippen LogP contribution < -0.4 is 16.9 Å². The van der Waals surface area contributed by atoms with Gasteiger partial charge < -0.3 is 21.2 Å². The van der Waals surface area contributed by atoms with Gasteiger partial charge >= 0.3 is 5.97 Å². The Balaban J connectivity index is 2.06. The van der Waals surface area contributed by atoms with Crippen LogP contribution in [0.25, 0.3) is 0 Å². The Morgan fingerprint density at radius 1 is 1.35 bits per heavy atom. The summed E-state index contributed by atoms with van der Waals surface area (Å²) in [6.45, 7) is 4.05. The molecular formula is C14H20N4O2. The monoisotopic (exact) mass is 276 g/mol. The van der Waals surface area contributed by atoms with Crippen molar-refractivity contribution in [2.24, 2.45) is 0 Å². The first kappa shape index (κ1) is 14.2. The van der Waals surface area contributed by atoms with Gasteiger partial charge in [0.15, 0.2) is 0 Å². The van der Waals surface area contributed by atoms with Gasteiger partial charge in [-0.25, -0.2) is 10.2 Å². The van der Waals surface area contributed by atoms with E-state index in [1.54, 1.807) is 30.3 Å². The van der Waals surface area contributed by atoms with Gasteiger partial charge in [-0.3, -0.25) is 0 Å². The summed E-state index contributed by atoms with van der Waals surface area (Å²) in [7, 11) is 1.79. The number of hydrogen-bond acceptors (Lipinski definition) is 6. The smallest absolute Gasteiger partial charge is 0.356 e. The number of esters is 1. The maximum atomic E-state index is 12.1. The largest absolute Gasteiger partial charge is 0.456 e. The molecule has 0 bridgehead atoms. The molecule has 1 atom stereocenters. The minimum Gasteiger partial charge on any atom is -0.456 e. The van der Waals surface area contributed by atoms with E-state index in [0.717, 1.165) is 11.1 Å². The third kappa shape index (κ3) is 2.85. The van der Waals surface area contributed by atoms with Crippen LogP contribution in [0, 0.1) is 0 Å². The van der Waals surface area contributed by atoms with Crippen LogP contribution >= 0.6 is 0 Å². The lowest BCUT2D eigenvalue weighted by molar-refractivity contribution is -0.142. The second-order valence-electron chi connectivity index (χ2n) is 5.03. The predicted octanol–water partition coefficient (Wildman–Crippen LogP) is 1.01. The number of carbonyl (C=O) groups excluding carboxylic acids is 1. The molecule has 1 aliphatic rings. The molecule has 1 aliphatic heterocycles. The van der Waals surface area contributed by atoms with Gasteiger partial charge in [0, 0.05) is 24.5 Å². The summed E-state index contributed by atoms with van der Waals surface area (Å²) in [4.78, 5) is 12.1. The lowest BCUT2D eigenvalue weighted by Crippen LogP contribution is -2.34. The molecule has 20 heavy (non-hydrogen) atoms. The Kier molecular flexibility index (Phi) is 3.85. The summed E-state index contributed by atoms with van der Waals surface area (Å²) in [5.74, 6) is -0.358. The summed E-state index contributed by atoms with van der Waals surface area (Å²) in [5, 5.41) is 1.69. The molecule has 1 aromatic rings. The summed E-state index contributed by atoms with van der Waals surface area (Å²) < 4.78 is 5.32. The zero-order valence-corrected chi connectivity index (χ0v) is 11.9. The van der Waals surface area contributed by atoms with Crippen LogP contribution in [-0.4, -0.2) is 24.1 Å². The Morgan fingerprint density at radius 3 is 2.45 bits per heavy atom. The molecule has 1 unspecified atom stereocenters. The van der Waals surface area contributed by atoms with E-state index in [9.17, 15) is 4.79 Å². The van der Waals surface area contributed by atoms with Crippen molar-refractivity contribution < 1.29 is 9.53 Å². The fraction of sp³-hybridized carbons (Fsp3) is 0.357. The number of ether oxygens (including phenoxy) is 1. The molecule has 0 radical (unpaired) electrons. The second kappa shape index (κ2) is 5.42. The number of nitrogens with zero attached hydrogens (tertiary/aromatic N) is 1. The molecule has 0 fully saturated rings. The van der Waals surface area contributed by atoms with Crippen LogP contribution in [-0.2, 0) is 16.1 Å². The number of anilines is 2. The van der Waals surface area contributed by atoms with E-state index in [2.05, 4.69) is 5.43 Å². The topological polar surface area (TPSA) is 93.6 Å². The van der Waals surface area contributed by atoms with Gasteiger partial charge in [-0.2, -0.15) is 0 Å². The van der Waals surface area contributed by atoms with Gasteiger partial charge in [-0.15, -0.1) is 0 Å². The third-order valence-corrected chi connectivity index (χ3v) is 3.35. The molecule has 0 saturated heterocycles. The van der Waals surface area contributed by atoms with Crippen molar-refractivity contribution in [3.63, 3.8) is 0 Å². The number of carbonyl (C=O) groups is 1. The van der Waals surface area contributed by atoms with Crippen LogP contribution in [0.3, 0.4) is 0 Å². The summed E-state index contributed by atoms with van der Waals surface area (Å²) >= 11 is 0. The van der Waals surface area contributed by atoms with Crippen molar-refractivity contribution in [1.29, 1.82) is 0 Å². The van der Waals surface area contributed by atoms with Gasteiger partial charge in [0.2, 0.25) is 0 Å². The molecule has 0 saturated carbocycles. The minimum atomic E-state index is -0.358. The zero-order valence-electron chi connectivity index (χ0n) is 11.9. The highest BCUT2D eigenvalue weighted by atomic mass is 16.5. The van der Waals surface area contributed by atoms with E-state index in [0.29, 0.717) is 17.1 Å². The van der Waals surface area contributed by atoms with Crippen molar-refractivity contribution in [3.05, 3.63) is 35.0 Å². The average Bonchev–Trinajstić information content (AvgIpc) is 2.59. The Bertz CT molecular complexity index is 548. The second-order valence-corrected chi connectivity index (χ2v) is 5.03. The number of nitrogens with one attached hydrogen (secondary N) is 1. The zero-order chi connectivity index (χ0) is 14.9. The van der Waals surface area contributed by atoms with Crippen LogP contribution in [0.1, 0.15) is 19.4 Å². The standard InChI is InChI=1S/C14H20N4O2/c1-8-9(2)17-18(3)13(8)14(19)20-7-10-4-11(15)6-12(16)5-10/h4-6,9,17H,7,15-16H2,1-3H3. The minimum absolute atomic E-state index is 0.130. The SMILES string of the molecule is CC1=C(C(=O)OCc2cc(N)cc(N)c2)N(C)NC1C. The number of hydrogen-bond donors (Lipinski definition) is 3. The highest BCUT2D eigenvalue weighted by Crippen LogP contribution is 2.21. The maximum Gasteiger partial charge on any atom is 0.356 e. The highest BCUT2D eigenvalue weighted by molar-refractivity contribution is 5.89. The molecule has 108 valence electrons. The fourth-order valence-corrected chi connectivity index (χ4v) is 2.27. The molecule has 6 nitrogen and oxygen atoms in total. The summed E-state index contributed by atoms with van der Waals surface area (Å²) in [5.41, 5.74) is 17.9. The first-order valence-corrected chi connectivity index (χ1v) is 6.41. The predicted molar refractivity (Wildman–Crippen MR) is 78.1 cm³/mol. The average molecular weight is 276 g/mol. The Morgan fingerprint density at radius 2 is 1.95 bits per heavy atom. The first-order chi connectivity index (χ1) is 9.38. The Hall–Kier alpha value is -2.21. The van der Waals surface area contributed by atoms with E-state index in [-0.39, 0.29) is 18.6 Å². The summed E-state index contributed by atoms with van der Waals surface area (Å²) in [6.07, 6.45) is 0. The van der Waals surface area contributed by atoms with Gasteiger partial charge in [0.05, 0.1) is 0 Å². The number of benzene rings is 1. The quantitative estimate of drug-likeness (QED) is 0.563. The lowest BCUT2D eigenvalue weighted by atomic mass is 10.1. The van der Waals surface area contributed by atoms with Crippen molar-refractivity contribution in [1.82, 2.24) is 10.4 Å². The molecule has 1 aromatic carbocycles. The number of hydrazine groups is 1. The maximum absolute atomic E-state index is 12.1. The molecule has 1 heterocycles. The third-order valence-electron chi connectivity index (χ3n) is 3.35.